The SMILES string of the molecule is CC(C)(C)C(=O)Nc1ccc(Sc2ccccc2)nc1Sc1ccccc1. The number of rotatable bonds is 5. The van der Waals surface area contributed by atoms with Crippen LogP contribution < -0.4 is 5.32 Å². The molecule has 1 aromatic heterocycles. The molecule has 0 radical (unpaired) electrons. The summed E-state index contributed by atoms with van der Waals surface area (Å²) in [5.41, 5.74) is 0.271. The van der Waals surface area contributed by atoms with Gasteiger partial charge in [0.05, 0.1) is 5.69 Å². The predicted molar refractivity (Wildman–Crippen MR) is 113 cm³/mol. The van der Waals surface area contributed by atoms with Crippen molar-refractivity contribution in [1.82, 2.24) is 4.98 Å². The number of nitrogens with one attached hydrogen (secondary N) is 1. The zero-order valence-corrected chi connectivity index (χ0v) is 17.2. The van der Waals surface area contributed by atoms with E-state index in [0.717, 1.165) is 25.5 Å². The molecule has 5 heteroatoms. The lowest BCUT2D eigenvalue weighted by molar-refractivity contribution is -0.123. The van der Waals surface area contributed by atoms with Crippen molar-refractivity contribution in [2.45, 2.75) is 40.6 Å². The molecule has 1 heterocycles. The number of carbonyl (C=O) groups excluding carboxylic acids is 1. The normalized spacial score (nSPS) is 11.2. The van der Waals surface area contributed by atoms with E-state index in [1.54, 1.807) is 23.5 Å². The van der Waals surface area contributed by atoms with E-state index < -0.39 is 5.41 Å². The average Bonchev–Trinajstić information content (AvgIpc) is 2.65. The van der Waals surface area contributed by atoms with Crippen LogP contribution in [0.2, 0.25) is 0 Å². The Balaban J connectivity index is 1.90. The lowest BCUT2D eigenvalue weighted by Crippen LogP contribution is -2.27. The predicted octanol–water partition coefficient (Wildman–Crippen LogP) is 6.37. The standard InChI is InChI=1S/C22H22N2OS2/c1-22(2,3)21(25)23-18-14-15-19(26-16-10-6-4-7-11-16)24-20(18)27-17-12-8-5-9-13-17/h4-15H,1-3H3,(H,23,25). The zero-order valence-electron chi connectivity index (χ0n) is 15.6. The average molecular weight is 395 g/mol. The smallest absolute Gasteiger partial charge is 0.229 e. The van der Waals surface area contributed by atoms with Crippen molar-refractivity contribution < 1.29 is 4.79 Å². The second kappa shape index (κ2) is 8.63. The Bertz CT molecular complexity index is 907. The molecule has 1 amide bonds. The first-order valence-electron chi connectivity index (χ1n) is 8.70. The Labute approximate surface area is 169 Å². The molecule has 0 aliphatic carbocycles. The number of carbonyl (C=O) groups is 1. The molecule has 2 aromatic carbocycles. The number of hydrogen-bond acceptors (Lipinski definition) is 4. The summed E-state index contributed by atoms with van der Waals surface area (Å²) in [5.74, 6) is -0.0253. The van der Waals surface area contributed by atoms with Crippen molar-refractivity contribution >= 4 is 35.1 Å². The maximum Gasteiger partial charge on any atom is 0.229 e. The summed E-state index contributed by atoms with van der Waals surface area (Å²) < 4.78 is 0. The van der Waals surface area contributed by atoms with Crippen molar-refractivity contribution in [1.29, 1.82) is 0 Å². The lowest BCUT2D eigenvalue weighted by atomic mass is 9.96. The highest BCUT2D eigenvalue weighted by atomic mass is 32.2. The molecule has 1 N–H and O–H groups in total. The fraction of sp³-hybridized carbons (Fsp3) is 0.182. The first kappa shape index (κ1) is 19.5. The van der Waals surface area contributed by atoms with Gasteiger partial charge in [-0.3, -0.25) is 4.79 Å². The van der Waals surface area contributed by atoms with Crippen LogP contribution in [0.1, 0.15) is 20.8 Å². The third kappa shape index (κ3) is 5.62. The molecule has 0 saturated heterocycles. The van der Waals surface area contributed by atoms with Crippen LogP contribution >= 0.6 is 23.5 Å². The van der Waals surface area contributed by atoms with Gasteiger partial charge in [0.1, 0.15) is 10.1 Å². The van der Waals surface area contributed by atoms with Crippen LogP contribution in [-0.2, 0) is 4.79 Å². The molecule has 3 nitrogen and oxygen atoms in total. The van der Waals surface area contributed by atoms with Gasteiger partial charge >= 0.3 is 0 Å². The van der Waals surface area contributed by atoms with Crippen LogP contribution in [0.3, 0.4) is 0 Å². The number of anilines is 1. The van der Waals surface area contributed by atoms with Crippen molar-refractivity contribution in [3.63, 3.8) is 0 Å². The third-order valence-corrected chi connectivity index (χ3v) is 5.64. The molecule has 0 atom stereocenters. The van der Waals surface area contributed by atoms with Crippen LogP contribution in [0.15, 0.2) is 92.6 Å². The van der Waals surface area contributed by atoms with Gasteiger partial charge in [0, 0.05) is 15.2 Å². The van der Waals surface area contributed by atoms with Crippen molar-refractivity contribution in [3.8, 4) is 0 Å². The van der Waals surface area contributed by atoms with E-state index in [2.05, 4.69) is 17.4 Å². The second-order valence-electron chi connectivity index (χ2n) is 7.04. The first-order chi connectivity index (χ1) is 12.9. The Kier molecular flexibility index (Phi) is 6.24. The number of benzene rings is 2. The number of aromatic nitrogens is 1. The largest absolute Gasteiger partial charge is 0.323 e. The number of hydrogen-bond donors (Lipinski definition) is 1. The molecule has 3 rings (SSSR count). The minimum absolute atomic E-state index is 0.0253. The minimum atomic E-state index is -0.466. The van der Waals surface area contributed by atoms with Crippen LogP contribution in [0.25, 0.3) is 0 Å². The molecule has 0 aliphatic rings. The third-order valence-electron chi connectivity index (χ3n) is 3.69. The number of amides is 1. The quantitative estimate of drug-likeness (QED) is 0.546. The van der Waals surface area contributed by atoms with Gasteiger partial charge in [0.2, 0.25) is 5.91 Å². The molecular weight excluding hydrogens is 372 g/mol. The maximum absolute atomic E-state index is 12.5. The summed E-state index contributed by atoms with van der Waals surface area (Å²) in [6.07, 6.45) is 0. The Morgan fingerprint density at radius 2 is 1.37 bits per heavy atom. The molecule has 0 saturated carbocycles. The van der Waals surface area contributed by atoms with Crippen molar-refractivity contribution in [3.05, 3.63) is 72.8 Å². The van der Waals surface area contributed by atoms with Gasteiger partial charge in [-0.05, 0) is 36.4 Å². The van der Waals surface area contributed by atoms with E-state index in [0.29, 0.717) is 0 Å². The fourth-order valence-corrected chi connectivity index (χ4v) is 3.93. The monoisotopic (exact) mass is 394 g/mol. The Morgan fingerprint density at radius 3 is 1.93 bits per heavy atom. The van der Waals surface area contributed by atoms with Gasteiger partial charge in [0.15, 0.2) is 0 Å². The maximum atomic E-state index is 12.5. The summed E-state index contributed by atoms with van der Waals surface area (Å²) in [4.78, 5) is 19.5. The summed E-state index contributed by atoms with van der Waals surface area (Å²) in [5, 5.41) is 4.72. The van der Waals surface area contributed by atoms with Crippen LogP contribution in [0.4, 0.5) is 5.69 Å². The van der Waals surface area contributed by atoms with E-state index in [9.17, 15) is 4.79 Å². The highest BCUT2D eigenvalue weighted by Gasteiger charge is 2.22. The molecular formula is C22H22N2OS2. The van der Waals surface area contributed by atoms with E-state index in [1.165, 1.54) is 0 Å². The van der Waals surface area contributed by atoms with Crippen molar-refractivity contribution in [2.24, 2.45) is 5.41 Å². The molecule has 3 aromatic rings. The molecule has 0 fully saturated rings. The van der Waals surface area contributed by atoms with Gasteiger partial charge < -0.3 is 5.32 Å². The Morgan fingerprint density at radius 1 is 0.815 bits per heavy atom. The van der Waals surface area contributed by atoms with E-state index in [4.69, 9.17) is 4.98 Å². The minimum Gasteiger partial charge on any atom is -0.323 e. The molecule has 0 unspecified atom stereocenters. The molecule has 27 heavy (non-hydrogen) atoms. The van der Waals surface area contributed by atoms with Gasteiger partial charge in [-0.2, -0.15) is 0 Å². The molecule has 0 aliphatic heterocycles. The zero-order chi connectivity index (χ0) is 19.3. The number of pyridine rings is 1. The van der Waals surface area contributed by atoms with Crippen LogP contribution in [0, 0.1) is 5.41 Å². The van der Waals surface area contributed by atoms with Gasteiger partial charge in [-0.15, -0.1) is 0 Å². The lowest BCUT2D eigenvalue weighted by Gasteiger charge is -2.19. The summed E-state index contributed by atoms with van der Waals surface area (Å²) >= 11 is 3.16. The summed E-state index contributed by atoms with van der Waals surface area (Å²) in [6.45, 7) is 5.71. The Hall–Kier alpha value is -2.24. The summed E-state index contributed by atoms with van der Waals surface area (Å²) in [7, 11) is 0. The molecule has 138 valence electrons. The highest BCUT2D eigenvalue weighted by molar-refractivity contribution is 8.00. The van der Waals surface area contributed by atoms with Crippen LogP contribution in [0.5, 0.6) is 0 Å². The van der Waals surface area contributed by atoms with Crippen molar-refractivity contribution in [2.75, 3.05) is 5.32 Å². The van der Waals surface area contributed by atoms with E-state index in [1.807, 2.05) is 81.4 Å². The van der Waals surface area contributed by atoms with Crippen LogP contribution in [-0.4, -0.2) is 10.9 Å². The fourth-order valence-electron chi connectivity index (χ4n) is 2.17. The number of nitrogens with zero attached hydrogens (tertiary/aromatic N) is 1. The second-order valence-corrected chi connectivity index (χ2v) is 9.19. The van der Waals surface area contributed by atoms with E-state index in [-0.39, 0.29) is 5.91 Å². The van der Waals surface area contributed by atoms with Gasteiger partial charge in [-0.25, -0.2) is 4.98 Å². The highest BCUT2D eigenvalue weighted by Crippen LogP contribution is 2.36. The van der Waals surface area contributed by atoms with Gasteiger partial charge in [0.25, 0.3) is 0 Å². The van der Waals surface area contributed by atoms with Gasteiger partial charge in [-0.1, -0.05) is 80.7 Å². The molecule has 0 bridgehead atoms. The summed E-state index contributed by atoms with van der Waals surface area (Å²) in [6, 6.07) is 24.1. The molecule has 0 spiro atoms. The first-order valence-corrected chi connectivity index (χ1v) is 10.3. The topological polar surface area (TPSA) is 42.0 Å². The van der Waals surface area contributed by atoms with E-state index >= 15 is 0 Å².